The Kier molecular flexibility index (Phi) is 3.86. The van der Waals surface area contributed by atoms with Crippen LogP contribution in [0, 0.1) is 12.7 Å². The smallest absolute Gasteiger partial charge is 0.311 e. The molecule has 0 saturated heterocycles. The number of carboxylic acids is 1. The molecule has 0 aliphatic carbocycles. The van der Waals surface area contributed by atoms with Crippen LogP contribution < -0.4 is 0 Å². The summed E-state index contributed by atoms with van der Waals surface area (Å²) in [5.41, 5.74) is 3.77. The molecule has 0 bridgehead atoms. The van der Waals surface area contributed by atoms with Crippen molar-refractivity contribution in [2.75, 3.05) is 0 Å². The zero-order valence-electron chi connectivity index (χ0n) is 13.0. The normalized spacial score (nSPS) is 12.5. The fourth-order valence-corrected chi connectivity index (χ4v) is 3.04. The molecule has 23 heavy (non-hydrogen) atoms. The molecule has 0 saturated carbocycles. The van der Waals surface area contributed by atoms with E-state index in [1.54, 1.807) is 16.6 Å². The van der Waals surface area contributed by atoms with Crippen molar-refractivity contribution in [2.45, 2.75) is 26.2 Å². The Balaban J connectivity index is 2.38. The summed E-state index contributed by atoms with van der Waals surface area (Å²) >= 11 is 0. The molecule has 3 aromatic rings. The zero-order chi connectivity index (χ0) is 16.6. The summed E-state index contributed by atoms with van der Waals surface area (Å²) in [6.07, 6.45) is 2.28. The largest absolute Gasteiger partial charge is 0.481 e. The molecule has 1 atom stereocenters. The molecule has 1 aromatic carbocycles. The molecule has 0 radical (unpaired) electrons. The van der Waals surface area contributed by atoms with E-state index in [0.717, 1.165) is 16.6 Å². The number of hydrogen-bond donors (Lipinski definition) is 1. The number of nitrogens with zero attached hydrogens (tertiary/aromatic N) is 2. The minimum Gasteiger partial charge on any atom is -0.481 e. The first-order valence-electron chi connectivity index (χ1n) is 7.49. The number of benzene rings is 1. The fraction of sp³-hybridized carbons (Fsp3) is 0.222. The molecule has 4 nitrogen and oxygen atoms in total. The number of aryl methyl sites for hydroxylation is 1. The van der Waals surface area contributed by atoms with E-state index in [1.807, 2.05) is 32.2 Å². The van der Waals surface area contributed by atoms with Gasteiger partial charge in [0.2, 0.25) is 0 Å². The fourth-order valence-electron chi connectivity index (χ4n) is 3.04. The Morgan fingerprint density at radius 1 is 1.30 bits per heavy atom. The Hall–Kier alpha value is -2.69. The van der Waals surface area contributed by atoms with Crippen LogP contribution in [0.1, 0.15) is 30.5 Å². The third-order valence-electron chi connectivity index (χ3n) is 4.09. The number of halogens is 1. The van der Waals surface area contributed by atoms with Gasteiger partial charge in [0.1, 0.15) is 5.82 Å². The first-order chi connectivity index (χ1) is 11.0. The van der Waals surface area contributed by atoms with Crippen LogP contribution in [0.3, 0.4) is 0 Å². The van der Waals surface area contributed by atoms with Crippen molar-refractivity contribution in [3.8, 4) is 11.1 Å². The minimum atomic E-state index is -0.878. The van der Waals surface area contributed by atoms with Gasteiger partial charge < -0.3 is 5.11 Å². The van der Waals surface area contributed by atoms with Gasteiger partial charge in [-0.05, 0) is 48.7 Å². The molecule has 1 unspecified atom stereocenters. The number of carboxylic acid groups (broad SMARTS) is 1. The van der Waals surface area contributed by atoms with Gasteiger partial charge in [-0.15, -0.1) is 0 Å². The number of aromatic nitrogens is 2. The third-order valence-corrected chi connectivity index (χ3v) is 4.09. The van der Waals surface area contributed by atoms with E-state index in [1.165, 1.54) is 12.1 Å². The molecule has 118 valence electrons. The maximum Gasteiger partial charge on any atom is 0.311 e. The highest BCUT2D eigenvalue weighted by Gasteiger charge is 2.26. The summed E-state index contributed by atoms with van der Waals surface area (Å²) in [6, 6.07) is 9.87. The molecule has 2 aromatic heterocycles. The number of carbonyl (C=O) groups is 1. The molecule has 5 heteroatoms. The second-order valence-corrected chi connectivity index (χ2v) is 5.52. The van der Waals surface area contributed by atoms with Crippen molar-refractivity contribution < 1.29 is 14.3 Å². The lowest BCUT2D eigenvalue weighted by Gasteiger charge is -2.19. The molecule has 1 N–H and O–H groups in total. The summed E-state index contributed by atoms with van der Waals surface area (Å²) in [7, 11) is 0. The topological polar surface area (TPSA) is 54.6 Å². The number of rotatable bonds is 4. The second-order valence-electron chi connectivity index (χ2n) is 5.52. The van der Waals surface area contributed by atoms with E-state index in [9.17, 15) is 14.3 Å². The van der Waals surface area contributed by atoms with Crippen molar-refractivity contribution in [3.05, 3.63) is 59.7 Å². The molecule has 2 heterocycles. The van der Waals surface area contributed by atoms with E-state index < -0.39 is 11.9 Å². The molecular formula is C18H17FN2O2. The zero-order valence-corrected chi connectivity index (χ0v) is 13.0. The molecule has 0 fully saturated rings. The first kappa shape index (κ1) is 15.2. The van der Waals surface area contributed by atoms with Gasteiger partial charge in [0, 0.05) is 11.8 Å². The van der Waals surface area contributed by atoms with Crippen molar-refractivity contribution in [2.24, 2.45) is 0 Å². The quantitative estimate of drug-likeness (QED) is 0.791. The highest BCUT2D eigenvalue weighted by atomic mass is 19.1. The van der Waals surface area contributed by atoms with Crippen LogP contribution in [0.5, 0.6) is 0 Å². The van der Waals surface area contributed by atoms with Crippen LogP contribution in [0.2, 0.25) is 0 Å². The standard InChI is InChI=1S/C18H17FN2O2/c1-3-14(18(22)23)16-11(2)20-21-10-4-5-15(21)17(16)12-6-8-13(19)9-7-12/h4-10,14H,3H2,1-2H3,(H,22,23). The van der Waals surface area contributed by atoms with Gasteiger partial charge >= 0.3 is 5.97 Å². The van der Waals surface area contributed by atoms with Crippen molar-refractivity contribution in [3.63, 3.8) is 0 Å². The van der Waals surface area contributed by atoms with E-state index in [2.05, 4.69) is 5.10 Å². The lowest BCUT2D eigenvalue weighted by atomic mass is 9.88. The average molecular weight is 312 g/mol. The molecule has 0 aliphatic heterocycles. The molecule has 0 spiro atoms. The van der Waals surface area contributed by atoms with Gasteiger partial charge in [-0.25, -0.2) is 8.91 Å². The van der Waals surface area contributed by atoms with Crippen LogP contribution >= 0.6 is 0 Å². The Morgan fingerprint density at radius 2 is 2.00 bits per heavy atom. The van der Waals surface area contributed by atoms with Gasteiger partial charge in [-0.3, -0.25) is 4.79 Å². The van der Waals surface area contributed by atoms with Crippen LogP contribution in [-0.4, -0.2) is 20.7 Å². The van der Waals surface area contributed by atoms with Crippen molar-refractivity contribution in [1.29, 1.82) is 0 Å². The van der Waals surface area contributed by atoms with Gasteiger partial charge in [-0.1, -0.05) is 19.1 Å². The van der Waals surface area contributed by atoms with Gasteiger partial charge in [0.25, 0.3) is 0 Å². The minimum absolute atomic E-state index is 0.322. The summed E-state index contributed by atoms with van der Waals surface area (Å²) in [6.45, 7) is 3.66. The van der Waals surface area contributed by atoms with E-state index in [-0.39, 0.29) is 5.82 Å². The lowest BCUT2D eigenvalue weighted by Crippen LogP contribution is -2.15. The Labute approximate surface area is 133 Å². The summed E-state index contributed by atoms with van der Waals surface area (Å²) in [4.78, 5) is 11.7. The number of fused-ring (bicyclic) bond motifs is 1. The predicted molar refractivity (Wildman–Crippen MR) is 86.0 cm³/mol. The van der Waals surface area contributed by atoms with Crippen LogP contribution in [0.15, 0.2) is 42.6 Å². The van der Waals surface area contributed by atoms with Gasteiger partial charge in [0.05, 0.1) is 17.1 Å². The number of hydrogen-bond acceptors (Lipinski definition) is 2. The van der Waals surface area contributed by atoms with Crippen LogP contribution in [0.25, 0.3) is 16.6 Å². The SMILES string of the molecule is CCC(C(=O)O)c1c(C)nn2cccc2c1-c1ccc(F)cc1. The predicted octanol–water partition coefficient (Wildman–Crippen LogP) is 4.03. The van der Waals surface area contributed by atoms with Gasteiger partial charge in [0.15, 0.2) is 0 Å². The number of aliphatic carboxylic acids is 1. The maximum absolute atomic E-state index is 13.3. The monoisotopic (exact) mass is 312 g/mol. The third kappa shape index (κ3) is 2.59. The van der Waals surface area contributed by atoms with E-state index >= 15 is 0 Å². The maximum atomic E-state index is 13.3. The van der Waals surface area contributed by atoms with Crippen molar-refractivity contribution in [1.82, 2.24) is 9.61 Å². The van der Waals surface area contributed by atoms with Crippen LogP contribution in [0.4, 0.5) is 4.39 Å². The lowest BCUT2D eigenvalue weighted by molar-refractivity contribution is -0.138. The van der Waals surface area contributed by atoms with E-state index in [0.29, 0.717) is 17.7 Å². The summed E-state index contributed by atoms with van der Waals surface area (Å²) in [5, 5.41) is 14.1. The molecule has 3 rings (SSSR count). The van der Waals surface area contributed by atoms with Gasteiger partial charge in [-0.2, -0.15) is 5.10 Å². The first-order valence-corrected chi connectivity index (χ1v) is 7.49. The summed E-state index contributed by atoms with van der Waals surface area (Å²) in [5.74, 6) is -1.85. The van der Waals surface area contributed by atoms with E-state index in [4.69, 9.17) is 0 Å². The summed E-state index contributed by atoms with van der Waals surface area (Å²) < 4.78 is 15.0. The average Bonchev–Trinajstić information content (AvgIpc) is 2.97. The highest BCUT2D eigenvalue weighted by molar-refractivity contribution is 5.88. The molecular weight excluding hydrogens is 295 g/mol. The van der Waals surface area contributed by atoms with Crippen LogP contribution in [-0.2, 0) is 4.79 Å². The Morgan fingerprint density at radius 3 is 2.61 bits per heavy atom. The highest BCUT2D eigenvalue weighted by Crippen LogP contribution is 2.36. The van der Waals surface area contributed by atoms with Crippen molar-refractivity contribution >= 4 is 11.5 Å². The second kappa shape index (κ2) is 5.83. The molecule has 0 aliphatic rings. The Bertz CT molecular complexity index is 869. The molecule has 0 amide bonds.